The fourth-order valence-electron chi connectivity index (χ4n) is 2.96. The first-order chi connectivity index (χ1) is 13.1. The summed E-state index contributed by atoms with van der Waals surface area (Å²) in [6, 6.07) is 15.4. The first-order valence-corrected chi connectivity index (χ1v) is 9.90. The Morgan fingerprint density at radius 2 is 2.00 bits per heavy atom. The van der Waals surface area contributed by atoms with Gasteiger partial charge in [0, 0.05) is 12.4 Å². The molecule has 0 saturated carbocycles. The van der Waals surface area contributed by atoms with E-state index in [4.69, 9.17) is 23.2 Å². The standard InChI is InChI=1S/C20H15Cl2N3OS/c21-17-18-16(27-19(17)22)10-15(24-18)20(26)25-14(13-7-4-8-23-11-13)9-12-5-2-1-3-6-12/h1-8,10-11,14,24H,9H2,(H,25,26). The number of thiophene rings is 1. The molecule has 0 fully saturated rings. The summed E-state index contributed by atoms with van der Waals surface area (Å²) in [5.41, 5.74) is 3.23. The molecule has 4 rings (SSSR count). The number of carbonyl (C=O) groups excluding carboxylic acids is 1. The maximum absolute atomic E-state index is 12.8. The zero-order valence-corrected chi connectivity index (χ0v) is 16.4. The number of aromatic amines is 1. The Morgan fingerprint density at radius 3 is 2.70 bits per heavy atom. The average Bonchev–Trinajstić information content (AvgIpc) is 3.22. The molecule has 0 aliphatic rings. The second-order valence-electron chi connectivity index (χ2n) is 6.11. The number of rotatable bonds is 5. The van der Waals surface area contributed by atoms with Crippen LogP contribution < -0.4 is 5.32 Å². The molecular weight excluding hydrogens is 401 g/mol. The molecule has 0 bridgehead atoms. The van der Waals surface area contributed by atoms with E-state index >= 15 is 0 Å². The van der Waals surface area contributed by atoms with Crippen LogP contribution in [0, 0.1) is 0 Å². The lowest BCUT2D eigenvalue weighted by molar-refractivity contribution is 0.0932. The van der Waals surface area contributed by atoms with Crippen molar-refractivity contribution in [3.05, 3.63) is 87.1 Å². The van der Waals surface area contributed by atoms with Gasteiger partial charge in [-0.1, -0.05) is 59.6 Å². The molecule has 1 amide bonds. The van der Waals surface area contributed by atoms with Crippen molar-refractivity contribution in [3.8, 4) is 0 Å². The maximum atomic E-state index is 12.8. The molecule has 7 heteroatoms. The number of aromatic nitrogens is 2. The van der Waals surface area contributed by atoms with Gasteiger partial charge >= 0.3 is 0 Å². The van der Waals surface area contributed by atoms with Crippen LogP contribution in [0.25, 0.3) is 10.2 Å². The van der Waals surface area contributed by atoms with Crippen LogP contribution in [0.4, 0.5) is 0 Å². The van der Waals surface area contributed by atoms with E-state index < -0.39 is 0 Å². The lowest BCUT2D eigenvalue weighted by atomic mass is 10.00. The molecule has 0 aliphatic heterocycles. The topological polar surface area (TPSA) is 57.8 Å². The van der Waals surface area contributed by atoms with E-state index in [9.17, 15) is 4.79 Å². The molecular formula is C20H15Cl2N3OS. The van der Waals surface area contributed by atoms with E-state index in [1.165, 1.54) is 11.3 Å². The van der Waals surface area contributed by atoms with Crippen LogP contribution in [0.2, 0.25) is 9.36 Å². The first kappa shape index (κ1) is 18.0. The number of nitrogens with one attached hydrogen (secondary N) is 2. The van der Waals surface area contributed by atoms with E-state index in [0.29, 0.717) is 27.0 Å². The number of benzene rings is 1. The molecule has 1 unspecified atom stereocenters. The van der Waals surface area contributed by atoms with Gasteiger partial charge in [0.2, 0.25) is 0 Å². The van der Waals surface area contributed by atoms with Crippen LogP contribution >= 0.6 is 34.5 Å². The van der Waals surface area contributed by atoms with Crippen LogP contribution in [0.15, 0.2) is 60.9 Å². The van der Waals surface area contributed by atoms with Crippen LogP contribution in [0.3, 0.4) is 0 Å². The summed E-state index contributed by atoms with van der Waals surface area (Å²) < 4.78 is 1.37. The lowest BCUT2D eigenvalue weighted by Crippen LogP contribution is -2.30. The minimum Gasteiger partial charge on any atom is -0.349 e. The van der Waals surface area contributed by atoms with Crippen molar-refractivity contribution in [2.75, 3.05) is 0 Å². The van der Waals surface area contributed by atoms with E-state index in [-0.39, 0.29) is 11.9 Å². The summed E-state index contributed by atoms with van der Waals surface area (Å²) in [4.78, 5) is 20.1. The van der Waals surface area contributed by atoms with Gasteiger partial charge in [-0.25, -0.2) is 0 Å². The summed E-state index contributed by atoms with van der Waals surface area (Å²) in [6.07, 6.45) is 4.16. The van der Waals surface area contributed by atoms with Crippen molar-refractivity contribution in [2.45, 2.75) is 12.5 Å². The maximum Gasteiger partial charge on any atom is 0.268 e. The van der Waals surface area contributed by atoms with Crippen molar-refractivity contribution in [2.24, 2.45) is 0 Å². The highest BCUT2D eigenvalue weighted by molar-refractivity contribution is 7.23. The number of H-pyrrole nitrogens is 1. The van der Waals surface area contributed by atoms with Gasteiger partial charge in [0.1, 0.15) is 10.0 Å². The molecule has 1 aromatic carbocycles. The third-order valence-electron chi connectivity index (χ3n) is 4.29. The van der Waals surface area contributed by atoms with Crippen LogP contribution in [0.5, 0.6) is 0 Å². The number of hydrogen-bond acceptors (Lipinski definition) is 3. The van der Waals surface area contributed by atoms with Crippen molar-refractivity contribution in [3.63, 3.8) is 0 Å². The second kappa shape index (κ2) is 7.72. The summed E-state index contributed by atoms with van der Waals surface area (Å²) in [5, 5.41) is 3.55. The van der Waals surface area contributed by atoms with Gasteiger partial charge in [-0.2, -0.15) is 0 Å². The summed E-state index contributed by atoms with van der Waals surface area (Å²) in [5.74, 6) is -0.199. The fraction of sp³-hybridized carbons (Fsp3) is 0.100. The van der Waals surface area contributed by atoms with Crippen LogP contribution in [-0.2, 0) is 6.42 Å². The Balaban J connectivity index is 1.60. The van der Waals surface area contributed by atoms with Crippen molar-refractivity contribution < 1.29 is 4.79 Å². The highest BCUT2D eigenvalue weighted by atomic mass is 35.5. The number of nitrogens with zero attached hydrogens (tertiary/aromatic N) is 1. The molecule has 0 aliphatic carbocycles. The number of pyridine rings is 1. The van der Waals surface area contributed by atoms with E-state index in [2.05, 4.69) is 15.3 Å². The minimum atomic E-state index is -0.200. The smallest absolute Gasteiger partial charge is 0.268 e. The lowest BCUT2D eigenvalue weighted by Gasteiger charge is -2.19. The first-order valence-electron chi connectivity index (χ1n) is 8.33. The van der Waals surface area contributed by atoms with Crippen molar-refractivity contribution in [1.82, 2.24) is 15.3 Å². The molecule has 3 heterocycles. The summed E-state index contributed by atoms with van der Waals surface area (Å²) in [7, 11) is 0. The largest absolute Gasteiger partial charge is 0.349 e. The Bertz CT molecular complexity index is 1080. The molecule has 4 aromatic rings. The molecule has 0 spiro atoms. The molecule has 4 nitrogen and oxygen atoms in total. The zero-order valence-electron chi connectivity index (χ0n) is 14.1. The highest BCUT2D eigenvalue weighted by Gasteiger charge is 2.20. The minimum absolute atomic E-state index is 0.199. The second-order valence-corrected chi connectivity index (χ2v) is 8.15. The molecule has 136 valence electrons. The average molecular weight is 416 g/mol. The monoisotopic (exact) mass is 415 g/mol. The molecule has 1 atom stereocenters. The Kier molecular flexibility index (Phi) is 5.16. The van der Waals surface area contributed by atoms with E-state index in [0.717, 1.165) is 15.8 Å². The number of hydrogen-bond donors (Lipinski definition) is 2. The highest BCUT2D eigenvalue weighted by Crippen LogP contribution is 2.38. The van der Waals surface area contributed by atoms with Gasteiger partial charge in [0.15, 0.2) is 0 Å². The Labute approximate surface area is 170 Å². The third-order valence-corrected chi connectivity index (χ3v) is 6.22. The quantitative estimate of drug-likeness (QED) is 0.442. The Morgan fingerprint density at radius 1 is 1.19 bits per heavy atom. The number of carbonyl (C=O) groups is 1. The molecule has 3 aromatic heterocycles. The number of halogens is 2. The number of fused-ring (bicyclic) bond motifs is 1. The number of amides is 1. The van der Waals surface area contributed by atoms with E-state index in [1.54, 1.807) is 18.5 Å². The SMILES string of the molecule is O=C(NC(Cc1ccccc1)c1cccnc1)c1cc2sc(Cl)c(Cl)c2[nH]1. The van der Waals surface area contributed by atoms with Gasteiger partial charge < -0.3 is 10.3 Å². The summed E-state index contributed by atoms with van der Waals surface area (Å²) in [6.45, 7) is 0. The van der Waals surface area contributed by atoms with E-state index in [1.807, 2.05) is 42.5 Å². The predicted octanol–water partition coefficient (Wildman–Crippen LogP) is 5.65. The Hall–Kier alpha value is -2.34. The molecule has 27 heavy (non-hydrogen) atoms. The van der Waals surface area contributed by atoms with Crippen molar-refractivity contribution in [1.29, 1.82) is 0 Å². The van der Waals surface area contributed by atoms with Gasteiger partial charge in [-0.3, -0.25) is 9.78 Å². The summed E-state index contributed by atoms with van der Waals surface area (Å²) >= 11 is 13.6. The van der Waals surface area contributed by atoms with Gasteiger partial charge in [0.05, 0.1) is 21.3 Å². The fourth-order valence-corrected chi connectivity index (χ4v) is 4.44. The molecule has 0 saturated heterocycles. The van der Waals surface area contributed by atoms with Gasteiger partial charge in [0.25, 0.3) is 5.91 Å². The van der Waals surface area contributed by atoms with Crippen molar-refractivity contribution >= 4 is 50.7 Å². The van der Waals surface area contributed by atoms with Gasteiger partial charge in [-0.05, 0) is 29.7 Å². The third kappa shape index (κ3) is 3.86. The normalized spacial score (nSPS) is 12.2. The van der Waals surface area contributed by atoms with Crippen LogP contribution in [-0.4, -0.2) is 15.9 Å². The van der Waals surface area contributed by atoms with Gasteiger partial charge in [-0.15, -0.1) is 11.3 Å². The predicted molar refractivity (Wildman–Crippen MR) is 111 cm³/mol. The molecule has 2 N–H and O–H groups in total. The zero-order chi connectivity index (χ0) is 18.8. The van der Waals surface area contributed by atoms with Crippen LogP contribution in [0.1, 0.15) is 27.7 Å². The molecule has 0 radical (unpaired) electrons.